The number of rotatable bonds is 7. The number of methoxy groups -OCH3 is 1. The van der Waals surface area contributed by atoms with E-state index >= 15 is 0 Å². The maximum Gasteiger partial charge on any atom is 0.322 e. The number of carboxylic acid groups (broad SMARTS) is 1. The maximum absolute atomic E-state index is 12.6. The fourth-order valence-electron chi connectivity index (χ4n) is 3.04. The lowest BCUT2D eigenvalue weighted by molar-refractivity contribution is -0.137. The molecule has 1 aliphatic heterocycles. The minimum atomic E-state index is -1.09. The van der Waals surface area contributed by atoms with Gasteiger partial charge in [-0.05, 0) is 47.9 Å². The molecule has 8 heteroatoms. The molecule has 8 nitrogen and oxygen atoms in total. The molecule has 0 fully saturated rings. The van der Waals surface area contributed by atoms with Gasteiger partial charge in [0.05, 0.1) is 19.4 Å². The molecule has 1 aliphatic rings. The molecule has 1 unspecified atom stereocenters. The van der Waals surface area contributed by atoms with Crippen molar-refractivity contribution in [3.63, 3.8) is 0 Å². The first-order chi connectivity index (χ1) is 13.9. The van der Waals surface area contributed by atoms with Gasteiger partial charge in [0.1, 0.15) is 24.7 Å². The molecular formula is C21H22N2O6. The van der Waals surface area contributed by atoms with Gasteiger partial charge < -0.3 is 25.2 Å². The Hall–Kier alpha value is -3.55. The number of hydrogen-bond acceptors (Lipinski definition) is 5. The zero-order chi connectivity index (χ0) is 20.8. The zero-order valence-electron chi connectivity index (χ0n) is 15.9. The molecule has 0 bridgehead atoms. The third kappa shape index (κ3) is 5.47. The summed E-state index contributed by atoms with van der Waals surface area (Å²) < 4.78 is 10.9. The zero-order valence-corrected chi connectivity index (χ0v) is 15.9. The van der Waals surface area contributed by atoms with Crippen molar-refractivity contribution in [2.75, 3.05) is 25.6 Å². The summed E-state index contributed by atoms with van der Waals surface area (Å²) in [6.07, 6.45) is 0.622. The summed E-state index contributed by atoms with van der Waals surface area (Å²) in [6.45, 7) is -0.113. The molecule has 0 radical (unpaired) electrons. The van der Waals surface area contributed by atoms with Gasteiger partial charge in [0, 0.05) is 5.69 Å². The summed E-state index contributed by atoms with van der Waals surface area (Å²) in [7, 11) is 1.59. The monoisotopic (exact) mass is 398 g/mol. The van der Waals surface area contributed by atoms with E-state index in [9.17, 15) is 14.4 Å². The van der Waals surface area contributed by atoms with E-state index in [1.807, 2.05) is 18.2 Å². The van der Waals surface area contributed by atoms with Crippen LogP contribution in [-0.2, 0) is 27.2 Å². The van der Waals surface area contributed by atoms with Crippen LogP contribution in [0.3, 0.4) is 0 Å². The molecule has 1 atom stereocenters. The van der Waals surface area contributed by atoms with Gasteiger partial charge in [0.15, 0.2) is 0 Å². The first-order valence-electron chi connectivity index (χ1n) is 9.12. The second-order valence-electron chi connectivity index (χ2n) is 6.72. The summed E-state index contributed by atoms with van der Waals surface area (Å²) in [5.74, 6) is -0.458. The molecule has 2 aromatic rings. The van der Waals surface area contributed by atoms with Crippen molar-refractivity contribution < 1.29 is 29.0 Å². The average molecular weight is 398 g/mol. The van der Waals surface area contributed by atoms with Crippen molar-refractivity contribution in [2.24, 2.45) is 5.92 Å². The Balaban J connectivity index is 1.55. The normalized spacial score (nSPS) is 14.9. The van der Waals surface area contributed by atoms with Gasteiger partial charge in [0.25, 0.3) is 0 Å². The third-order valence-corrected chi connectivity index (χ3v) is 4.57. The summed E-state index contributed by atoms with van der Waals surface area (Å²) in [5, 5.41) is 13.7. The highest BCUT2D eigenvalue weighted by atomic mass is 16.5. The van der Waals surface area contributed by atoms with E-state index in [0.29, 0.717) is 24.3 Å². The molecule has 2 aromatic carbocycles. The predicted octanol–water partition coefficient (Wildman–Crippen LogP) is 1.63. The second kappa shape index (κ2) is 9.09. The minimum Gasteiger partial charge on any atom is -0.497 e. The number of carbonyl (C=O) groups is 3. The lowest BCUT2D eigenvalue weighted by Crippen LogP contribution is -2.32. The Kier molecular flexibility index (Phi) is 6.33. The molecular weight excluding hydrogens is 376 g/mol. The molecule has 0 saturated heterocycles. The quantitative estimate of drug-likeness (QED) is 0.653. The Morgan fingerprint density at radius 3 is 2.62 bits per heavy atom. The van der Waals surface area contributed by atoms with Gasteiger partial charge in [-0.1, -0.05) is 12.1 Å². The molecule has 2 amide bonds. The highest BCUT2D eigenvalue weighted by Gasteiger charge is 2.26. The van der Waals surface area contributed by atoms with Crippen LogP contribution in [0.1, 0.15) is 11.1 Å². The fourth-order valence-corrected chi connectivity index (χ4v) is 3.04. The Morgan fingerprint density at radius 1 is 1.17 bits per heavy atom. The Bertz CT molecular complexity index is 910. The summed E-state index contributed by atoms with van der Waals surface area (Å²) in [4.78, 5) is 34.7. The van der Waals surface area contributed by atoms with Crippen LogP contribution in [0.2, 0.25) is 0 Å². The van der Waals surface area contributed by atoms with Crippen molar-refractivity contribution in [3.8, 4) is 11.5 Å². The number of aliphatic carboxylic acids is 1. The topological polar surface area (TPSA) is 114 Å². The van der Waals surface area contributed by atoms with E-state index in [-0.39, 0.29) is 24.2 Å². The molecule has 3 N–H and O–H groups in total. The van der Waals surface area contributed by atoms with Crippen LogP contribution in [0.25, 0.3) is 0 Å². The van der Waals surface area contributed by atoms with Crippen LogP contribution in [0.15, 0.2) is 42.5 Å². The number of ether oxygens (including phenoxy) is 2. The summed E-state index contributed by atoms with van der Waals surface area (Å²) >= 11 is 0. The Morgan fingerprint density at radius 2 is 1.93 bits per heavy atom. The minimum absolute atomic E-state index is 0.0661. The number of anilines is 1. The van der Waals surface area contributed by atoms with E-state index in [4.69, 9.17) is 14.6 Å². The number of carbonyl (C=O) groups excluding carboxylic acids is 2. The highest BCUT2D eigenvalue weighted by Crippen LogP contribution is 2.31. The first kappa shape index (κ1) is 20.2. The molecule has 0 saturated carbocycles. The number of nitrogens with one attached hydrogen (secondary N) is 2. The van der Waals surface area contributed by atoms with Crippen LogP contribution >= 0.6 is 0 Å². The standard InChI is InChI=1S/C21H22N2O6/c1-28-17-6-7-18-14(10-17)9-15(12-29-18)21(27)23-16-4-2-13(3-5-16)8-19(24)22-11-20(25)26/h2-7,10,15H,8-9,11-12H2,1H3,(H,22,24)(H,23,27)(H,25,26). The Labute approximate surface area is 167 Å². The smallest absolute Gasteiger partial charge is 0.322 e. The van der Waals surface area contributed by atoms with Crippen molar-refractivity contribution in [3.05, 3.63) is 53.6 Å². The second-order valence-corrected chi connectivity index (χ2v) is 6.72. The van der Waals surface area contributed by atoms with Crippen molar-refractivity contribution in [2.45, 2.75) is 12.8 Å². The molecule has 0 aromatic heterocycles. The summed E-state index contributed by atoms with van der Waals surface area (Å²) in [5.41, 5.74) is 2.26. The van der Waals surface area contributed by atoms with Crippen LogP contribution in [0, 0.1) is 5.92 Å². The van der Waals surface area contributed by atoms with Crippen LogP contribution in [0.4, 0.5) is 5.69 Å². The van der Waals surface area contributed by atoms with Gasteiger partial charge in [-0.2, -0.15) is 0 Å². The molecule has 0 spiro atoms. The van der Waals surface area contributed by atoms with E-state index < -0.39 is 12.5 Å². The predicted molar refractivity (Wildman–Crippen MR) is 105 cm³/mol. The lowest BCUT2D eigenvalue weighted by Gasteiger charge is -2.25. The number of amides is 2. The van der Waals surface area contributed by atoms with Crippen molar-refractivity contribution in [1.29, 1.82) is 0 Å². The van der Waals surface area contributed by atoms with Crippen LogP contribution < -0.4 is 20.1 Å². The molecule has 0 aliphatic carbocycles. The maximum atomic E-state index is 12.6. The number of hydrogen-bond donors (Lipinski definition) is 3. The number of benzene rings is 2. The van der Waals surface area contributed by atoms with E-state index in [1.54, 1.807) is 31.4 Å². The van der Waals surface area contributed by atoms with Gasteiger partial charge in [-0.15, -0.1) is 0 Å². The molecule has 29 heavy (non-hydrogen) atoms. The number of carboxylic acids is 1. The fraction of sp³-hybridized carbons (Fsp3) is 0.286. The van der Waals surface area contributed by atoms with Crippen LogP contribution in [0.5, 0.6) is 11.5 Å². The van der Waals surface area contributed by atoms with Gasteiger partial charge in [-0.25, -0.2) is 0 Å². The SMILES string of the molecule is COc1ccc2c(c1)CC(C(=O)Nc1ccc(CC(=O)NCC(=O)O)cc1)CO2. The van der Waals surface area contributed by atoms with Gasteiger partial charge >= 0.3 is 5.97 Å². The van der Waals surface area contributed by atoms with Gasteiger partial charge in [0.2, 0.25) is 11.8 Å². The van der Waals surface area contributed by atoms with E-state index in [1.165, 1.54) is 0 Å². The van der Waals surface area contributed by atoms with Crippen LogP contribution in [-0.4, -0.2) is 43.2 Å². The molecule has 1 heterocycles. The summed E-state index contributed by atoms with van der Waals surface area (Å²) in [6, 6.07) is 12.4. The first-order valence-corrected chi connectivity index (χ1v) is 9.12. The highest BCUT2D eigenvalue weighted by molar-refractivity contribution is 5.93. The average Bonchev–Trinajstić information content (AvgIpc) is 2.72. The van der Waals surface area contributed by atoms with Crippen molar-refractivity contribution in [1.82, 2.24) is 5.32 Å². The lowest BCUT2D eigenvalue weighted by atomic mass is 9.95. The molecule has 152 valence electrons. The van der Waals surface area contributed by atoms with E-state index in [0.717, 1.165) is 17.1 Å². The van der Waals surface area contributed by atoms with E-state index in [2.05, 4.69) is 10.6 Å². The number of fused-ring (bicyclic) bond motifs is 1. The third-order valence-electron chi connectivity index (χ3n) is 4.57. The molecule has 3 rings (SSSR count). The van der Waals surface area contributed by atoms with Crippen molar-refractivity contribution >= 4 is 23.5 Å². The van der Waals surface area contributed by atoms with Gasteiger partial charge in [-0.3, -0.25) is 14.4 Å². The largest absolute Gasteiger partial charge is 0.497 e.